The summed E-state index contributed by atoms with van der Waals surface area (Å²) in [5.41, 5.74) is 3.35. The molecule has 0 fully saturated rings. The van der Waals surface area contributed by atoms with Crippen molar-refractivity contribution in [1.82, 2.24) is 0 Å². The lowest BCUT2D eigenvalue weighted by Crippen LogP contribution is -2.14. The van der Waals surface area contributed by atoms with Gasteiger partial charge in [0.05, 0.1) is 18.7 Å². The first-order valence-corrected chi connectivity index (χ1v) is 7.98. The van der Waals surface area contributed by atoms with Crippen LogP contribution in [-0.4, -0.2) is 19.5 Å². The summed E-state index contributed by atoms with van der Waals surface area (Å²) in [6, 6.07) is 12.9. The van der Waals surface area contributed by atoms with Crippen LogP contribution in [0.2, 0.25) is 0 Å². The minimum Gasteiger partial charge on any atom is -0.493 e. The molecule has 0 radical (unpaired) electrons. The Morgan fingerprint density at radius 2 is 1.88 bits per heavy atom. The van der Waals surface area contributed by atoms with Gasteiger partial charge in [0, 0.05) is 11.6 Å². The van der Waals surface area contributed by atoms with E-state index in [0.29, 0.717) is 22.6 Å². The second kappa shape index (κ2) is 8.16. The summed E-state index contributed by atoms with van der Waals surface area (Å²) in [7, 11) is 1.51. The number of hydrogen-bond acceptors (Lipinski definition) is 4. The van der Waals surface area contributed by atoms with Crippen LogP contribution < -0.4 is 9.47 Å². The predicted molar refractivity (Wildman–Crippen MR) is 92.7 cm³/mol. The molecule has 4 heteroatoms. The smallest absolute Gasteiger partial charge is 0.200 e. The van der Waals surface area contributed by atoms with Gasteiger partial charge in [0.15, 0.2) is 23.9 Å². The minimum atomic E-state index is -0.0670. The number of Topliss-reactive ketones (excluding diaryl/α,β-unsaturated/α-hetero) is 1. The summed E-state index contributed by atoms with van der Waals surface area (Å²) in [5, 5.41) is 8.92. The van der Waals surface area contributed by atoms with Gasteiger partial charge in [-0.15, -0.1) is 0 Å². The molecule has 0 aromatic heterocycles. The zero-order valence-corrected chi connectivity index (χ0v) is 14.3. The van der Waals surface area contributed by atoms with Crippen LogP contribution in [0.25, 0.3) is 0 Å². The first-order chi connectivity index (χ1) is 11.6. The van der Waals surface area contributed by atoms with E-state index in [1.165, 1.54) is 7.11 Å². The van der Waals surface area contributed by atoms with Gasteiger partial charge in [-0.25, -0.2) is 0 Å². The van der Waals surface area contributed by atoms with Crippen molar-refractivity contribution in [3.05, 3.63) is 58.7 Å². The van der Waals surface area contributed by atoms with Gasteiger partial charge in [-0.2, -0.15) is 5.26 Å². The number of carbonyl (C=O) groups excluding carboxylic acids is 1. The SMILES string of the molecule is CCc1ccc(CC)c(C(=O)COc2ccc(C#N)cc2OC)c1. The second-order valence-electron chi connectivity index (χ2n) is 5.39. The first kappa shape index (κ1) is 17.6. The second-order valence-corrected chi connectivity index (χ2v) is 5.39. The molecule has 0 saturated heterocycles. The fraction of sp³-hybridized carbons (Fsp3) is 0.300. The van der Waals surface area contributed by atoms with E-state index in [9.17, 15) is 4.79 Å². The van der Waals surface area contributed by atoms with Crippen molar-refractivity contribution >= 4 is 5.78 Å². The highest BCUT2D eigenvalue weighted by Gasteiger charge is 2.14. The Kier molecular flexibility index (Phi) is 5.97. The molecule has 0 atom stereocenters. The van der Waals surface area contributed by atoms with Crippen LogP contribution in [0.4, 0.5) is 0 Å². The Balaban J connectivity index is 2.18. The Hall–Kier alpha value is -2.80. The lowest BCUT2D eigenvalue weighted by atomic mass is 9.98. The van der Waals surface area contributed by atoms with Crippen LogP contribution in [0.5, 0.6) is 11.5 Å². The van der Waals surface area contributed by atoms with Gasteiger partial charge < -0.3 is 9.47 Å². The van der Waals surface area contributed by atoms with E-state index in [1.54, 1.807) is 18.2 Å². The lowest BCUT2D eigenvalue weighted by Gasteiger charge is -2.12. The van der Waals surface area contributed by atoms with Gasteiger partial charge >= 0.3 is 0 Å². The molecule has 124 valence electrons. The van der Waals surface area contributed by atoms with Gasteiger partial charge in [-0.3, -0.25) is 4.79 Å². The molecule has 0 aliphatic carbocycles. The molecule has 2 aromatic carbocycles. The number of benzene rings is 2. The highest BCUT2D eigenvalue weighted by atomic mass is 16.5. The van der Waals surface area contributed by atoms with Gasteiger partial charge in [0.25, 0.3) is 0 Å². The van der Waals surface area contributed by atoms with Crippen molar-refractivity contribution in [2.45, 2.75) is 26.7 Å². The molecule has 0 aliphatic heterocycles. The molecule has 0 heterocycles. The highest BCUT2D eigenvalue weighted by molar-refractivity contribution is 5.98. The maximum atomic E-state index is 12.6. The third kappa shape index (κ3) is 3.94. The average Bonchev–Trinajstić information content (AvgIpc) is 2.65. The quantitative estimate of drug-likeness (QED) is 0.724. The largest absolute Gasteiger partial charge is 0.493 e. The zero-order chi connectivity index (χ0) is 17.5. The Labute approximate surface area is 142 Å². The van der Waals surface area contributed by atoms with Crippen molar-refractivity contribution in [3.63, 3.8) is 0 Å². The van der Waals surface area contributed by atoms with Crippen molar-refractivity contribution in [2.75, 3.05) is 13.7 Å². The van der Waals surface area contributed by atoms with Gasteiger partial charge in [-0.05, 0) is 42.2 Å². The Morgan fingerprint density at radius 3 is 2.50 bits per heavy atom. The third-order valence-electron chi connectivity index (χ3n) is 3.92. The summed E-state index contributed by atoms with van der Waals surface area (Å²) < 4.78 is 10.9. The van der Waals surface area contributed by atoms with E-state index in [4.69, 9.17) is 14.7 Å². The van der Waals surface area contributed by atoms with Crippen LogP contribution >= 0.6 is 0 Å². The summed E-state index contributed by atoms with van der Waals surface area (Å²) in [6.07, 6.45) is 1.68. The summed E-state index contributed by atoms with van der Waals surface area (Å²) >= 11 is 0. The number of rotatable bonds is 7. The number of ketones is 1. The van der Waals surface area contributed by atoms with E-state index >= 15 is 0 Å². The maximum Gasteiger partial charge on any atom is 0.200 e. The number of aryl methyl sites for hydroxylation is 2. The predicted octanol–water partition coefficient (Wildman–Crippen LogP) is 3.95. The number of nitriles is 1. The molecular weight excluding hydrogens is 302 g/mol. The van der Waals surface area contributed by atoms with Crippen molar-refractivity contribution in [3.8, 4) is 17.6 Å². The van der Waals surface area contributed by atoms with Crippen LogP contribution in [0.1, 0.15) is 40.9 Å². The summed E-state index contributed by atoms with van der Waals surface area (Å²) in [6.45, 7) is 4.03. The molecule has 2 rings (SSSR count). The van der Waals surface area contributed by atoms with Crippen molar-refractivity contribution in [2.24, 2.45) is 0 Å². The molecule has 4 nitrogen and oxygen atoms in total. The molecule has 0 aliphatic rings. The molecule has 0 spiro atoms. The van der Waals surface area contributed by atoms with Gasteiger partial charge in [0.2, 0.25) is 0 Å². The Bertz CT molecular complexity index is 775. The topological polar surface area (TPSA) is 59.3 Å². The monoisotopic (exact) mass is 323 g/mol. The minimum absolute atomic E-state index is 0.0615. The maximum absolute atomic E-state index is 12.6. The van der Waals surface area contributed by atoms with E-state index in [1.807, 2.05) is 25.1 Å². The Morgan fingerprint density at radius 1 is 1.08 bits per heavy atom. The van der Waals surface area contributed by atoms with Crippen molar-refractivity contribution in [1.29, 1.82) is 5.26 Å². The molecule has 0 N–H and O–H groups in total. The van der Waals surface area contributed by atoms with E-state index in [0.717, 1.165) is 24.0 Å². The standard InChI is InChI=1S/C20H21NO3/c1-4-14-6-8-16(5-2)17(10-14)18(22)13-24-19-9-7-15(12-21)11-20(19)23-3/h6-11H,4-5,13H2,1-3H3. The number of carbonyl (C=O) groups is 1. The normalized spacial score (nSPS) is 10.1. The van der Waals surface area contributed by atoms with Crippen LogP contribution in [0, 0.1) is 11.3 Å². The molecule has 0 saturated carbocycles. The van der Waals surface area contributed by atoms with Gasteiger partial charge in [0.1, 0.15) is 0 Å². The molecule has 0 amide bonds. The van der Waals surface area contributed by atoms with Crippen LogP contribution in [0.15, 0.2) is 36.4 Å². The average molecular weight is 323 g/mol. The third-order valence-corrected chi connectivity index (χ3v) is 3.92. The van der Waals surface area contributed by atoms with E-state index in [2.05, 4.69) is 13.0 Å². The lowest BCUT2D eigenvalue weighted by molar-refractivity contribution is 0.0918. The van der Waals surface area contributed by atoms with Gasteiger partial charge in [-0.1, -0.05) is 26.0 Å². The molecule has 0 unspecified atom stereocenters. The summed E-state index contributed by atoms with van der Waals surface area (Å²) in [5.74, 6) is 0.836. The number of nitrogens with zero attached hydrogens (tertiary/aromatic N) is 1. The molecule has 2 aromatic rings. The number of hydrogen-bond donors (Lipinski definition) is 0. The summed E-state index contributed by atoms with van der Waals surface area (Å²) in [4.78, 5) is 12.6. The van der Waals surface area contributed by atoms with Crippen molar-refractivity contribution < 1.29 is 14.3 Å². The zero-order valence-electron chi connectivity index (χ0n) is 14.3. The number of ether oxygens (including phenoxy) is 2. The molecule has 24 heavy (non-hydrogen) atoms. The van der Waals surface area contributed by atoms with Crippen LogP contribution in [0.3, 0.4) is 0 Å². The number of methoxy groups -OCH3 is 1. The van der Waals surface area contributed by atoms with E-state index in [-0.39, 0.29) is 12.4 Å². The fourth-order valence-electron chi connectivity index (χ4n) is 2.49. The van der Waals surface area contributed by atoms with Crippen LogP contribution in [-0.2, 0) is 12.8 Å². The van der Waals surface area contributed by atoms with E-state index < -0.39 is 0 Å². The first-order valence-electron chi connectivity index (χ1n) is 7.98. The highest BCUT2D eigenvalue weighted by Crippen LogP contribution is 2.28. The molecule has 0 bridgehead atoms. The molecular formula is C20H21NO3. The fourth-order valence-corrected chi connectivity index (χ4v) is 2.49.